The average Bonchev–Trinajstić information content (AvgIpc) is 2.79. The quantitative estimate of drug-likeness (QED) is 0.520. The molecule has 1 amide bonds. The number of carbonyl (C=O) groups excluding carboxylic acids is 1. The van der Waals surface area contributed by atoms with Crippen molar-refractivity contribution in [1.29, 1.82) is 0 Å². The molecule has 5 heteroatoms. The summed E-state index contributed by atoms with van der Waals surface area (Å²) in [7, 11) is 0. The van der Waals surface area contributed by atoms with Crippen molar-refractivity contribution in [3.8, 4) is 0 Å². The number of hydrogen-bond acceptors (Lipinski definition) is 4. The van der Waals surface area contributed by atoms with Gasteiger partial charge in [-0.2, -0.15) is 0 Å². The smallest absolute Gasteiger partial charge is 0.240 e. The second kappa shape index (κ2) is 5.80. The van der Waals surface area contributed by atoms with Gasteiger partial charge in [-0.05, 0) is 32.7 Å². The van der Waals surface area contributed by atoms with E-state index < -0.39 is 11.1 Å². The highest BCUT2D eigenvalue weighted by molar-refractivity contribution is 5.87. The van der Waals surface area contributed by atoms with Gasteiger partial charge in [-0.25, -0.2) is 0 Å². The average molecular weight is 244 g/mol. The maximum Gasteiger partial charge on any atom is 0.240 e. The Morgan fingerprint density at radius 3 is 2.53 bits per heavy atom. The summed E-state index contributed by atoms with van der Waals surface area (Å²) in [6, 6.07) is 0. The third-order valence-corrected chi connectivity index (χ3v) is 3.47. The fourth-order valence-electron chi connectivity index (χ4n) is 2.28. The van der Waals surface area contributed by atoms with E-state index >= 15 is 0 Å². The Morgan fingerprint density at radius 2 is 2.12 bits per heavy atom. The Hall–Kier alpha value is -0.650. The lowest BCUT2D eigenvalue weighted by molar-refractivity contribution is -0.130. The van der Waals surface area contributed by atoms with Crippen LogP contribution in [0.5, 0.6) is 0 Å². The maximum atomic E-state index is 12.3. The number of hydrogen-bond donors (Lipinski definition) is 4. The van der Waals surface area contributed by atoms with Gasteiger partial charge in [0.2, 0.25) is 5.91 Å². The molecule has 0 spiro atoms. The lowest BCUT2D eigenvalue weighted by Gasteiger charge is -2.34. The number of rotatable bonds is 6. The van der Waals surface area contributed by atoms with E-state index in [2.05, 4.69) is 10.6 Å². The summed E-state index contributed by atoms with van der Waals surface area (Å²) in [5, 5.41) is 24.4. The minimum absolute atomic E-state index is 0.109. The molecule has 1 heterocycles. The van der Waals surface area contributed by atoms with E-state index in [1.807, 2.05) is 6.92 Å². The van der Waals surface area contributed by atoms with Gasteiger partial charge in [0, 0.05) is 0 Å². The van der Waals surface area contributed by atoms with Gasteiger partial charge in [0.1, 0.15) is 0 Å². The Bertz CT molecular complexity index is 258. The monoisotopic (exact) mass is 244 g/mol. The van der Waals surface area contributed by atoms with Crippen LogP contribution in [-0.4, -0.2) is 47.0 Å². The first kappa shape index (κ1) is 14.4. The molecule has 1 rings (SSSR count). The highest BCUT2D eigenvalue weighted by atomic mass is 16.3. The molecule has 0 aromatic rings. The number of carbonyl (C=O) groups is 1. The molecule has 1 fully saturated rings. The van der Waals surface area contributed by atoms with Crippen LogP contribution in [-0.2, 0) is 4.79 Å². The van der Waals surface area contributed by atoms with E-state index in [1.54, 1.807) is 6.92 Å². The van der Waals surface area contributed by atoms with E-state index in [-0.39, 0.29) is 19.1 Å². The zero-order chi connectivity index (χ0) is 12.9. The van der Waals surface area contributed by atoms with Crippen molar-refractivity contribution in [2.45, 2.75) is 50.6 Å². The van der Waals surface area contributed by atoms with Crippen molar-refractivity contribution in [2.24, 2.45) is 0 Å². The molecule has 1 atom stereocenters. The summed E-state index contributed by atoms with van der Waals surface area (Å²) in [5.41, 5.74) is -1.46. The zero-order valence-corrected chi connectivity index (χ0v) is 10.8. The van der Waals surface area contributed by atoms with E-state index in [0.29, 0.717) is 0 Å². The van der Waals surface area contributed by atoms with Crippen LogP contribution in [0.3, 0.4) is 0 Å². The first-order chi connectivity index (χ1) is 8.02. The summed E-state index contributed by atoms with van der Waals surface area (Å²) in [6.07, 6.45) is 3.52. The third-order valence-electron chi connectivity index (χ3n) is 3.47. The summed E-state index contributed by atoms with van der Waals surface area (Å²) < 4.78 is 0. The van der Waals surface area contributed by atoms with Crippen molar-refractivity contribution in [2.75, 3.05) is 19.8 Å². The molecule has 0 aliphatic carbocycles. The van der Waals surface area contributed by atoms with Crippen molar-refractivity contribution >= 4 is 5.91 Å². The first-order valence-corrected chi connectivity index (χ1v) is 6.31. The second-order valence-electron chi connectivity index (χ2n) is 5.19. The molecule has 1 saturated heterocycles. The van der Waals surface area contributed by atoms with Gasteiger partial charge in [0.15, 0.2) is 0 Å². The molecule has 1 aliphatic rings. The number of nitrogens with one attached hydrogen (secondary N) is 2. The molecule has 4 N–H and O–H groups in total. The largest absolute Gasteiger partial charge is 0.394 e. The molecule has 0 saturated carbocycles. The Morgan fingerprint density at radius 1 is 1.47 bits per heavy atom. The van der Waals surface area contributed by atoms with Gasteiger partial charge in [-0.1, -0.05) is 13.3 Å². The highest BCUT2D eigenvalue weighted by Crippen LogP contribution is 2.25. The standard InChI is InChI=1S/C12H24N2O3/c1-3-5-12(6-4-7-13-12)10(17)14-11(2,8-15)9-16/h13,15-16H,3-9H2,1-2H3,(H,14,17). The van der Waals surface area contributed by atoms with Crippen LogP contribution >= 0.6 is 0 Å². The normalized spacial score (nSPS) is 24.9. The maximum absolute atomic E-state index is 12.3. The molecule has 0 radical (unpaired) electrons. The minimum atomic E-state index is -0.942. The predicted octanol–water partition coefficient (Wildman–Crippen LogP) is -0.232. The molecule has 0 aromatic carbocycles. The van der Waals surface area contributed by atoms with Crippen molar-refractivity contribution in [3.05, 3.63) is 0 Å². The lowest BCUT2D eigenvalue weighted by Crippen LogP contribution is -2.61. The van der Waals surface area contributed by atoms with Crippen LogP contribution in [0.15, 0.2) is 0 Å². The van der Waals surface area contributed by atoms with Crippen LogP contribution in [0.25, 0.3) is 0 Å². The molecule has 17 heavy (non-hydrogen) atoms. The molecule has 5 nitrogen and oxygen atoms in total. The topological polar surface area (TPSA) is 81.6 Å². The lowest BCUT2D eigenvalue weighted by atomic mass is 9.89. The molecule has 1 unspecified atom stereocenters. The number of aliphatic hydroxyl groups is 2. The van der Waals surface area contributed by atoms with Gasteiger partial charge in [-0.3, -0.25) is 4.79 Å². The fourth-order valence-corrected chi connectivity index (χ4v) is 2.28. The summed E-state index contributed by atoms with van der Waals surface area (Å²) in [6.45, 7) is 4.00. The van der Waals surface area contributed by atoms with Gasteiger partial charge in [0.05, 0.1) is 24.3 Å². The summed E-state index contributed by atoms with van der Waals surface area (Å²) in [4.78, 5) is 12.3. The first-order valence-electron chi connectivity index (χ1n) is 6.31. The van der Waals surface area contributed by atoms with Gasteiger partial charge in [-0.15, -0.1) is 0 Å². The van der Waals surface area contributed by atoms with E-state index in [1.165, 1.54) is 0 Å². The fraction of sp³-hybridized carbons (Fsp3) is 0.917. The van der Waals surface area contributed by atoms with Crippen LogP contribution in [0, 0.1) is 0 Å². The van der Waals surface area contributed by atoms with Gasteiger partial charge < -0.3 is 20.8 Å². The summed E-state index contributed by atoms with van der Waals surface area (Å²) >= 11 is 0. The van der Waals surface area contributed by atoms with Crippen LogP contribution in [0.2, 0.25) is 0 Å². The van der Waals surface area contributed by atoms with E-state index in [9.17, 15) is 15.0 Å². The Balaban J connectivity index is 2.72. The minimum Gasteiger partial charge on any atom is -0.394 e. The van der Waals surface area contributed by atoms with E-state index in [0.717, 1.165) is 32.2 Å². The van der Waals surface area contributed by atoms with Crippen LogP contribution in [0.4, 0.5) is 0 Å². The number of amides is 1. The summed E-state index contributed by atoms with van der Waals surface area (Å²) in [5.74, 6) is -0.109. The molecule has 0 aromatic heterocycles. The molecular weight excluding hydrogens is 220 g/mol. The van der Waals surface area contributed by atoms with Crippen molar-refractivity contribution < 1.29 is 15.0 Å². The van der Waals surface area contributed by atoms with Crippen molar-refractivity contribution in [3.63, 3.8) is 0 Å². The highest BCUT2D eigenvalue weighted by Gasteiger charge is 2.42. The third kappa shape index (κ3) is 3.18. The van der Waals surface area contributed by atoms with Crippen molar-refractivity contribution in [1.82, 2.24) is 10.6 Å². The molecule has 100 valence electrons. The molecule has 1 aliphatic heterocycles. The van der Waals surface area contributed by atoms with E-state index in [4.69, 9.17) is 0 Å². The Labute approximate surface area is 103 Å². The molecular formula is C12H24N2O3. The Kier molecular flexibility index (Phi) is 4.91. The predicted molar refractivity (Wildman–Crippen MR) is 65.6 cm³/mol. The van der Waals surface area contributed by atoms with Crippen LogP contribution in [0.1, 0.15) is 39.5 Å². The second-order valence-corrected chi connectivity index (χ2v) is 5.19. The van der Waals surface area contributed by atoms with Gasteiger partial charge in [0.25, 0.3) is 0 Å². The SMILES string of the molecule is CCCC1(C(=O)NC(C)(CO)CO)CCCN1. The van der Waals surface area contributed by atoms with Crippen LogP contribution < -0.4 is 10.6 Å². The molecule has 0 bridgehead atoms. The number of aliphatic hydroxyl groups excluding tert-OH is 2. The van der Waals surface area contributed by atoms with Gasteiger partial charge >= 0.3 is 0 Å². The zero-order valence-electron chi connectivity index (χ0n) is 10.8.